The summed E-state index contributed by atoms with van der Waals surface area (Å²) in [6.07, 6.45) is 16.8. The largest absolute Gasteiger partial charge is 0.497 e. The molecule has 0 N–H and O–H groups in total. The minimum absolute atomic E-state index is 0.0426. The Bertz CT molecular complexity index is 1180. The van der Waals surface area contributed by atoms with Crippen molar-refractivity contribution in [1.82, 2.24) is 9.88 Å². The second-order valence-corrected chi connectivity index (χ2v) is 11.2. The first-order valence-corrected chi connectivity index (χ1v) is 15.3. The number of allylic oxidation sites excluding steroid dienone is 6. The molecule has 2 atom stereocenters. The fourth-order valence-corrected chi connectivity index (χ4v) is 5.55. The van der Waals surface area contributed by atoms with E-state index in [1.54, 1.807) is 38.1 Å². The first-order valence-electron chi connectivity index (χ1n) is 14.5. The summed E-state index contributed by atoms with van der Waals surface area (Å²) >= 11 is 1.55. The lowest BCUT2D eigenvalue weighted by molar-refractivity contribution is -0.134. The van der Waals surface area contributed by atoms with Crippen molar-refractivity contribution in [3.8, 4) is 0 Å². The number of aliphatic imine (C=N–C) groups is 1. The number of carbonyl (C=O) groups excluding carboxylic acids is 1. The number of thioether (sulfide) groups is 1. The Kier molecular flexibility index (Phi) is 13.5. The van der Waals surface area contributed by atoms with Crippen LogP contribution < -0.4 is 0 Å². The van der Waals surface area contributed by atoms with Crippen molar-refractivity contribution >= 4 is 23.9 Å². The summed E-state index contributed by atoms with van der Waals surface area (Å²) < 4.78 is 22.5. The molecule has 1 aromatic rings. The minimum atomic E-state index is -0.0435. The number of likely N-dealkylation sites (tertiary alicyclic amines) is 1. The summed E-state index contributed by atoms with van der Waals surface area (Å²) in [5.41, 5.74) is 2.21. The van der Waals surface area contributed by atoms with Crippen LogP contribution >= 0.6 is 11.8 Å². The van der Waals surface area contributed by atoms with Crippen molar-refractivity contribution in [3.05, 3.63) is 70.7 Å². The summed E-state index contributed by atoms with van der Waals surface area (Å²) in [5.74, 6) is 2.13. The van der Waals surface area contributed by atoms with Crippen molar-refractivity contribution in [2.24, 2.45) is 4.99 Å². The van der Waals surface area contributed by atoms with Crippen LogP contribution in [0.15, 0.2) is 73.6 Å². The molecule has 0 saturated carbocycles. The molecule has 9 heteroatoms. The first kappa shape index (κ1) is 32.5. The van der Waals surface area contributed by atoms with E-state index in [1.807, 2.05) is 24.1 Å². The molecule has 224 valence electrons. The van der Waals surface area contributed by atoms with Gasteiger partial charge in [-0.2, -0.15) is 0 Å². The van der Waals surface area contributed by atoms with Gasteiger partial charge in [0.2, 0.25) is 0 Å². The number of amides is 1. The number of methoxy groups -OCH3 is 2. The molecule has 1 aromatic heterocycles. The van der Waals surface area contributed by atoms with Crippen LogP contribution in [0.25, 0.3) is 0 Å². The summed E-state index contributed by atoms with van der Waals surface area (Å²) in [6, 6.07) is 0. The van der Waals surface area contributed by atoms with E-state index < -0.39 is 0 Å². The van der Waals surface area contributed by atoms with E-state index in [0.717, 1.165) is 60.2 Å². The van der Waals surface area contributed by atoms with Crippen LogP contribution in [-0.2, 0) is 19.0 Å². The Hall–Kier alpha value is -3.04. The maximum Gasteiger partial charge on any atom is 0.260 e. The van der Waals surface area contributed by atoms with Gasteiger partial charge in [0.1, 0.15) is 16.5 Å². The summed E-state index contributed by atoms with van der Waals surface area (Å²) in [7, 11) is 3.31. The van der Waals surface area contributed by atoms with Gasteiger partial charge in [-0.25, -0.2) is 9.98 Å². The van der Waals surface area contributed by atoms with Gasteiger partial charge >= 0.3 is 0 Å². The van der Waals surface area contributed by atoms with Crippen molar-refractivity contribution in [1.29, 1.82) is 0 Å². The van der Waals surface area contributed by atoms with E-state index in [9.17, 15) is 4.79 Å². The smallest absolute Gasteiger partial charge is 0.260 e. The highest BCUT2D eigenvalue weighted by molar-refractivity contribution is 8.03. The van der Waals surface area contributed by atoms with Gasteiger partial charge in [0.05, 0.1) is 12.8 Å². The molecule has 0 aromatic carbocycles. The Balaban J connectivity index is 1.68. The Morgan fingerprint density at radius 1 is 1.27 bits per heavy atom. The summed E-state index contributed by atoms with van der Waals surface area (Å²) in [6.45, 7) is 12.0. The molecule has 0 spiro atoms. The van der Waals surface area contributed by atoms with Crippen molar-refractivity contribution < 1.29 is 23.4 Å². The molecule has 2 unspecified atom stereocenters. The number of carbonyl (C=O) groups is 1. The van der Waals surface area contributed by atoms with Crippen LogP contribution in [0.3, 0.4) is 0 Å². The predicted molar refractivity (Wildman–Crippen MR) is 165 cm³/mol. The predicted octanol–water partition coefficient (Wildman–Crippen LogP) is 7.29. The lowest BCUT2D eigenvalue weighted by Crippen LogP contribution is -2.34. The van der Waals surface area contributed by atoms with E-state index in [1.165, 1.54) is 5.57 Å². The zero-order valence-corrected chi connectivity index (χ0v) is 26.0. The zero-order valence-electron chi connectivity index (χ0n) is 25.2. The van der Waals surface area contributed by atoms with E-state index >= 15 is 0 Å². The van der Waals surface area contributed by atoms with Crippen molar-refractivity contribution in [2.75, 3.05) is 40.5 Å². The molecule has 1 fully saturated rings. The van der Waals surface area contributed by atoms with Crippen LogP contribution in [0.4, 0.5) is 0 Å². The molecule has 0 bridgehead atoms. The molecule has 1 saturated heterocycles. The lowest BCUT2D eigenvalue weighted by Gasteiger charge is -2.20. The molecule has 41 heavy (non-hydrogen) atoms. The third kappa shape index (κ3) is 10.1. The number of hydrogen-bond donors (Lipinski definition) is 0. The van der Waals surface area contributed by atoms with Crippen LogP contribution in [0.5, 0.6) is 0 Å². The van der Waals surface area contributed by atoms with E-state index in [2.05, 4.69) is 32.6 Å². The number of nitrogens with zero attached hydrogens (tertiary/aromatic N) is 3. The highest BCUT2D eigenvalue weighted by Crippen LogP contribution is 2.40. The number of oxazole rings is 1. The zero-order chi connectivity index (χ0) is 29.6. The molecule has 8 nitrogen and oxygen atoms in total. The Morgan fingerprint density at radius 2 is 2.10 bits per heavy atom. The van der Waals surface area contributed by atoms with Crippen LogP contribution in [0.2, 0.25) is 0 Å². The SMILES string of the molecule is C=C(/C=C\C(=C/C)OC)OCC(=O)N1CCCC(c2nc(C(C)CCOC)oc2SC2=CCC=C(CC)C=N2)CC1. The number of rotatable bonds is 14. The topological polar surface area (TPSA) is 86.4 Å². The van der Waals surface area contributed by atoms with E-state index in [4.69, 9.17) is 28.6 Å². The maximum atomic E-state index is 13.0. The van der Waals surface area contributed by atoms with Gasteiger partial charge < -0.3 is 23.5 Å². The summed E-state index contributed by atoms with van der Waals surface area (Å²) in [4.78, 5) is 24.6. The fourth-order valence-electron chi connectivity index (χ4n) is 4.63. The minimum Gasteiger partial charge on any atom is -0.497 e. The van der Waals surface area contributed by atoms with Gasteiger partial charge in [-0.3, -0.25) is 4.79 Å². The molecular formula is C32H45N3O5S. The molecule has 1 amide bonds. The molecule has 2 aliphatic heterocycles. The van der Waals surface area contributed by atoms with Gasteiger partial charge in [0.25, 0.3) is 5.91 Å². The normalized spacial score (nSPS) is 18.9. The lowest BCUT2D eigenvalue weighted by atomic mass is 9.97. The molecule has 3 rings (SSSR count). The fraction of sp³-hybridized carbons (Fsp3) is 0.531. The van der Waals surface area contributed by atoms with Gasteiger partial charge in [-0.1, -0.05) is 26.5 Å². The van der Waals surface area contributed by atoms with Gasteiger partial charge in [-0.05, 0) is 87.1 Å². The molecule has 2 aliphatic rings. The maximum absolute atomic E-state index is 13.0. The molecule has 0 aliphatic carbocycles. The van der Waals surface area contributed by atoms with Crippen LogP contribution in [0.1, 0.15) is 82.7 Å². The van der Waals surface area contributed by atoms with Crippen LogP contribution in [-0.4, -0.2) is 62.5 Å². The first-order chi connectivity index (χ1) is 19.9. The Labute approximate surface area is 249 Å². The van der Waals surface area contributed by atoms with Crippen LogP contribution in [0, 0.1) is 0 Å². The third-order valence-electron chi connectivity index (χ3n) is 7.25. The second-order valence-electron chi connectivity index (χ2n) is 10.2. The third-order valence-corrected chi connectivity index (χ3v) is 8.21. The summed E-state index contributed by atoms with van der Waals surface area (Å²) in [5, 5.41) is 1.72. The van der Waals surface area contributed by atoms with Gasteiger partial charge in [0.15, 0.2) is 17.6 Å². The van der Waals surface area contributed by atoms with Crippen molar-refractivity contribution in [2.45, 2.75) is 76.2 Å². The number of aromatic nitrogens is 1. The monoisotopic (exact) mass is 583 g/mol. The van der Waals surface area contributed by atoms with E-state index in [0.29, 0.717) is 31.2 Å². The van der Waals surface area contributed by atoms with E-state index in [-0.39, 0.29) is 24.3 Å². The second kappa shape index (κ2) is 17.0. The molecule has 0 radical (unpaired) electrons. The highest BCUT2D eigenvalue weighted by atomic mass is 32.2. The average molecular weight is 584 g/mol. The highest BCUT2D eigenvalue weighted by Gasteiger charge is 2.29. The standard InChI is InChI=1S/C32H45N3O5S/c1-7-25-11-9-13-28(33-21-25)41-32-30(34-31(40-32)23(3)17-20-37-5)26-12-10-18-35(19-16-26)29(36)22-39-24(4)14-15-27(8-2)38-6/h8,11,13-15,21,23,26H,4,7,9-10,12,16-20,22H2,1-3,5-6H3/b15-14-,27-8+. The molecular weight excluding hydrogens is 538 g/mol. The number of ether oxygens (including phenoxy) is 3. The Morgan fingerprint density at radius 3 is 2.83 bits per heavy atom. The average Bonchev–Trinajstić information content (AvgIpc) is 3.12. The van der Waals surface area contributed by atoms with Gasteiger partial charge in [0, 0.05) is 44.9 Å². The van der Waals surface area contributed by atoms with Gasteiger partial charge in [-0.15, -0.1) is 0 Å². The van der Waals surface area contributed by atoms with Crippen molar-refractivity contribution in [3.63, 3.8) is 0 Å². The molecule has 3 heterocycles. The number of hydrogen-bond acceptors (Lipinski definition) is 8. The quantitative estimate of drug-likeness (QED) is 0.168.